The number of hydrogen-bond acceptors (Lipinski definition) is 3. The number of anilines is 1. The van der Waals surface area contributed by atoms with Crippen molar-refractivity contribution in [3.8, 4) is 0 Å². The first-order valence-corrected chi connectivity index (χ1v) is 8.73. The number of carbonyl (C=O) groups is 2. The molecule has 8 heteroatoms. The van der Waals surface area contributed by atoms with E-state index < -0.39 is 23.4 Å². The van der Waals surface area contributed by atoms with E-state index in [1.807, 2.05) is 0 Å². The Morgan fingerprint density at radius 2 is 1.70 bits per heavy atom. The molecule has 0 spiro atoms. The molecule has 6 nitrogen and oxygen atoms in total. The molecule has 2 heterocycles. The van der Waals surface area contributed by atoms with Crippen molar-refractivity contribution < 1.29 is 18.4 Å². The predicted octanol–water partition coefficient (Wildman–Crippen LogP) is 3.03. The third-order valence-electron chi connectivity index (χ3n) is 4.58. The summed E-state index contributed by atoms with van der Waals surface area (Å²) in [6.07, 6.45) is 4.65. The van der Waals surface area contributed by atoms with Gasteiger partial charge in [-0.15, -0.1) is 0 Å². The summed E-state index contributed by atoms with van der Waals surface area (Å²) in [5, 5.41) is 4.83. The van der Waals surface area contributed by atoms with Crippen LogP contribution in [0, 0.1) is 17.6 Å². The highest BCUT2D eigenvalue weighted by atomic mass is 19.1. The van der Waals surface area contributed by atoms with Crippen LogP contribution in [0.15, 0.2) is 42.7 Å². The number of hydrogen-bond donors (Lipinski definition) is 2. The highest BCUT2D eigenvalue weighted by Crippen LogP contribution is 2.19. The molecule has 0 radical (unpaired) electrons. The zero-order valence-corrected chi connectivity index (χ0v) is 14.6. The van der Waals surface area contributed by atoms with Crippen LogP contribution in [0.4, 0.5) is 19.3 Å². The molecule has 2 N–H and O–H groups in total. The third-order valence-corrected chi connectivity index (χ3v) is 4.58. The van der Waals surface area contributed by atoms with Gasteiger partial charge in [-0.2, -0.15) is 0 Å². The van der Waals surface area contributed by atoms with E-state index in [0.717, 1.165) is 25.0 Å². The molecule has 1 aromatic carbocycles. The molecule has 0 unspecified atom stereocenters. The number of rotatable bonds is 4. The van der Waals surface area contributed by atoms with Crippen LogP contribution >= 0.6 is 0 Å². The molecule has 1 aliphatic heterocycles. The van der Waals surface area contributed by atoms with Crippen molar-refractivity contribution in [2.75, 3.05) is 25.0 Å². The molecule has 1 aliphatic rings. The van der Waals surface area contributed by atoms with Gasteiger partial charge in [0.25, 0.3) is 5.91 Å². The van der Waals surface area contributed by atoms with Gasteiger partial charge < -0.3 is 15.5 Å². The number of nitrogens with one attached hydrogen (secondary N) is 2. The Morgan fingerprint density at radius 3 is 2.33 bits per heavy atom. The van der Waals surface area contributed by atoms with Crippen molar-refractivity contribution in [1.29, 1.82) is 0 Å². The molecular formula is C19H20F2N4O2. The summed E-state index contributed by atoms with van der Waals surface area (Å²) in [5.74, 6) is -1.49. The number of piperidine rings is 1. The fourth-order valence-corrected chi connectivity index (χ4v) is 3.03. The second kappa shape index (κ2) is 8.57. The third kappa shape index (κ3) is 4.78. The molecule has 1 fully saturated rings. The highest BCUT2D eigenvalue weighted by Gasteiger charge is 2.24. The average molecular weight is 374 g/mol. The van der Waals surface area contributed by atoms with Gasteiger partial charge in [-0.3, -0.25) is 9.78 Å². The van der Waals surface area contributed by atoms with Crippen molar-refractivity contribution in [3.63, 3.8) is 0 Å². The van der Waals surface area contributed by atoms with Gasteiger partial charge in [0.2, 0.25) is 0 Å². The quantitative estimate of drug-likeness (QED) is 0.864. The van der Waals surface area contributed by atoms with Crippen LogP contribution in [0.25, 0.3) is 0 Å². The van der Waals surface area contributed by atoms with Crippen LogP contribution in [0.2, 0.25) is 0 Å². The number of carbonyl (C=O) groups excluding carboxylic acids is 2. The summed E-state index contributed by atoms with van der Waals surface area (Å²) in [7, 11) is 0. The van der Waals surface area contributed by atoms with E-state index in [1.54, 1.807) is 29.4 Å². The van der Waals surface area contributed by atoms with Crippen molar-refractivity contribution in [1.82, 2.24) is 15.2 Å². The maximum Gasteiger partial charge on any atom is 0.319 e. The Balaban J connectivity index is 1.44. The van der Waals surface area contributed by atoms with Gasteiger partial charge >= 0.3 is 6.03 Å². The number of nitrogens with zero attached hydrogens (tertiary/aromatic N) is 2. The van der Waals surface area contributed by atoms with E-state index in [-0.39, 0.29) is 11.8 Å². The molecule has 27 heavy (non-hydrogen) atoms. The van der Waals surface area contributed by atoms with Gasteiger partial charge in [0, 0.05) is 37.6 Å². The van der Waals surface area contributed by atoms with E-state index in [9.17, 15) is 18.4 Å². The largest absolute Gasteiger partial charge is 0.339 e. The molecule has 0 saturated carbocycles. The van der Waals surface area contributed by atoms with Gasteiger partial charge in [0.1, 0.15) is 17.3 Å². The Morgan fingerprint density at radius 1 is 1.07 bits per heavy atom. The van der Waals surface area contributed by atoms with Crippen LogP contribution in [0.5, 0.6) is 0 Å². The second-order valence-electron chi connectivity index (χ2n) is 6.40. The number of amides is 3. The lowest BCUT2D eigenvalue weighted by atomic mass is 9.96. The Bertz CT molecular complexity index is 788. The monoisotopic (exact) mass is 374 g/mol. The summed E-state index contributed by atoms with van der Waals surface area (Å²) in [4.78, 5) is 30.0. The van der Waals surface area contributed by atoms with Crippen molar-refractivity contribution in [2.45, 2.75) is 12.8 Å². The number of urea groups is 1. The number of pyridine rings is 1. The predicted molar refractivity (Wildman–Crippen MR) is 96.2 cm³/mol. The van der Waals surface area contributed by atoms with E-state index in [1.165, 1.54) is 6.07 Å². The van der Waals surface area contributed by atoms with E-state index in [4.69, 9.17) is 0 Å². The number of aromatic nitrogens is 1. The van der Waals surface area contributed by atoms with Gasteiger partial charge in [-0.25, -0.2) is 13.6 Å². The minimum atomic E-state index is -0.826. The van der Waals surface area contributed by atoms with Crippen LogP contribution < -0.4 is 10.6 Å². The van der Waals surface area contributed by atoms with E-state index >= 15 is 0 Å². The lowest BCUT2D eigenvalue weighted by molar-refractivity contribution is 0.0690. The van der Waals surface area contributed by atoms with Crippen LogP contribution in [-0.4, -0.2) is 41.5 Å². The maximum absolute atomic E-state index is 13.5. The zero-order valence-electron chi connectivity index (χ0n) is 14.6. The zero-order chi connectivity index (χ0) is 19.2. The SMILES string of the molecule is O=C(NCC1CCN(C(=O)c2ccncc2)CC1)Nc1c(F)cccc1F. The van der Waals surface area contributed by atoms with Crippen molar-refractivity contribution in [3.05, 3.63) is 59.9 Å². The van der Waals surface area contributed by atoms with Gasteiger partial charge in [0.05, 0.1) is 0 Å². The summed E-state index contributed by atoms with van der Waals surface area (Å²) in [6, 6.07) is 6.09. The molecule has 2 aromatic rings. The normalized spacial score (nSPS) is 14.7. The Labute approximate surface area is 155 Å². The summed E-state index contributed by atoms with van der Waals surface area (Å²) >= 11 is 0. The molecule has 1 saturated heterocycles. The second-order valence-corrected chi connectivity index (χ2v) is 6.40. The first-order chi connectivity index (χ1) is 13.0. The first-order valence-electron chi connectivity index (χ1n) is 8.73. The molecule has 1 aromatic heterocycles. The molecule has 0 bridgehead atoms. The van der Waals surface area contributed by atoms with Crippen molar-refractivity contribution in [2.24, 2.45) is 5.92 Å². The molecule has 142 valence electrons. The summed E-state index contributed by atoms with van der Waals surface area (Å²) < 4.78 is 27.1. The minimum absolute atomic E-state index is 0.0309. The topological polar surface area (TPSA) is 74.3 Å². The molecule has 0 atom stereocenters. The van der Waals surface area contributed by atoms with Gasteiger partial charge in [0.15, 0.2) is 0 Å². The lowest BCUT2D eigenvalue weighted by Gasteiger charge is -2.32. The smallest absolute Gasteiger partial charge is 0.319 e. The number of likely N-dealkylation sites (tertiary alicyclic amines) is 1. The Hall–Kier alpha value is -3.03. The Kier molecular flexibility index (Phi) is 5.95. The first kappa shape index (κ1) is 18.8. The molecule has 0 aliphatic carbocycles. The molecule has 3 amide bonds. The van der Waals surface area contributed by atoms with Crippen LogP contribution in [0.1, 0.15) is 23.2 Å². The van der Waals surface area contributed by atoms with Crippen LogP contribution in [-0.2, 0) is 0 Å². The minimum Gasteiger partial charge on any atom is -0.339 e. The fraction of sp³-hybridized carbons (Fsp3) is 0.316. The standard InChI is InChI=1S/C19H20F2N4O2/c20-15-2-1-3-16(21)17(15)24-19(27)23-12-13-6-10-25(11-7-13)18(26)14-4-8-22-9-5-14/h1-5,8-9,13H,6-7,10-12H2,(H2,23,24,27). The average Bonchev–Trinajstić information content (AvgIpc) is 2.70. The lowest BCUT2D eigenvalue weighted by Crippen LogP contribution is -2.42. The van der Waals surface area contributed by atoms with Crippen LogP contribution in [0.3, 0.4) is 0 Å². The number of halogens is 2. The molecular weight excluding hydrogens is 354 g/mol. The number of benzene rings is 1. The van der Waals surface area contributed by atoms with Gasteiger partial charge in [-0.05, 0) is 43.0 Å². The number of para-hydroxylation sites is 1. The van der Waals surface area contributed by atoms with E-state index in [2.05, 4.69) is 15.6 Å². The summed E-state index contributed by atoms with van der Waals surface area (Å²) in [6.45, 7) is 1.56. The highest BCUT2D eigenvalue weighted by molar-refractivity contribution is 5.94. The molecule has 3 rings (SSSR count). The fourth-order valence-electron chi connectivity index (χ4n) is 3.03. The van der Waals surface area contributed by atoms with Crippen molar-refractivity contribution >= 4 is 17.6 Å². The summed E-state index contributed by atoms with van der Waals surface area (Å²) in [5.41, 5.74) is 0.139. The van der Waals surface area contributed by atoms with Gasteiger partial charge in [-0.1, -0.05) is 6.07 Å². The maximum atomic E-state index is 13.5. The van der Waals surface area contributed by atoms with E-state index in [0.29, 0.717) is 25.2 Å².